The summed E-state index contributed by atoms with van der Waals surface area (Å²) in [6.07, 6.45) is 1.82. The van der Waals surface area contributed by atoms with Gasteiger partial charge in [0.2, 0.25) is 11.8 Å². The average molecular weight is 630 g/mol. The summed E-state index contributed by atoms with van der Waals surface area (Å²) in [5.41, 5.74) is 6.11. The highest BCUT2D eigenvalue weighted by atomic mass is 35.5. The van der Waals surface area contributed by atoms with Crippen molar-refractivity contribution in [3.63, 3.8) is 0 Å². The van der Waals surface area contributed by atoms with Crippen LogP contribution in [-0.2, 0) is 23.9 Å². The van der Waals surface area contributed by atoms with E-state index in [0.717, 1.165) is 6.26 Å². The molecule has 0 saturated carbocycles. The molecule has 4 rings (SSSR count). The standard InChI is InChI=1S/C25H26Cl2FN5O7S/c1-38-19-11-17-14(25(31-12-30-17)32-16-4-3-15(26)22(27)23(16)28)10-20(19)40-13-5-7-33(18(9-13)24(29)35)21(34)6-8-39-41(2,36)37/h3-4,10-13,18H,5-9H2,1-2H3,(H2,29,35)(H,30,31,32). The average Bonchev–Trinajstić information content (AvgIpc) is 2.92. The molecule has 1 aliphatic heterocycles. The smallest absolute Gasteiger partial charge is 0.264 e. The number of primary amides is 1. The first-order valence-electron chi connectivity index (χ1n) is 12.2. The van der Waals surface area contributed by atoms with Crippen LogP contribution in [0, 0.1) is 5.82 Å². The molecule has 0 radical (unpaired) electrons. The number of ether oxygens (including phenoxy) is 2. The Kier molecular flexibility index (Phi) is 9.37. The summed E-state index contributed by atoms with van der Waals surface area (Å²) in [6.45, 7) is -0.211. The van der Waals surface area contributed by atoms with Gasteiger partial charge in [0.25, 0.3) is 10.1 Å². The van der Waals surface area contributed by atoms with Gasteiger partial charge in [-0.2, -0.15) is 8.42 Å². The van der Waals surface area contributed by atoms with E-state index in [4.69, 9.17) is 38.4 Å². The molecule has 0 spiro atoms. The number of benzene rings is 2. The Balaban J connectivity index is 1.56. The van der Waals surface area contributed by atoms with Crippen molar-refractivity contribution in [2.45, 2.75) is 31.4 Å². The van der Waals surface area contributed by atoms with Crippen molar-refractivity contribution in [1.29, 1.82) is 0 Å². The van der Waals surface area contributed by atoms with Gasteiger partial charge in [-0.25, -0.2) is 14.4 Å². The molecule has 3 N–H and O–H groups in total. The second kappa shape index (κ2) is 12.6. The van der Waals surface area contributed by atoms with Crippen LogP contribution in [0.4, 0.5) is 15.9 Å². The molecule has 16 heteroatoms. The minimum absolute atomic E-state index is 0.0426. The van der Waals surface area contributed by atoms with Gasteiger partial charge in [0.1, 0.15) is 24.3 Å². The zero-order valence-electron chi connectivity index (χ0n) is 21.9. The number of anilines is 2. The Hall–Kier alpha value is -3.46. The van der Waals surface area contributed by atoms with E-state index in [0.29, 0.717) is 28.8 Å². The van der Waals surface area contributed by atoms with Crippen molar-refractivity contribution in [1.82, 2.24) is 14.9 Å². The molecule has 1 aromatic heterocycles. The third-order valence-corrected chi connectivity index (χ3v) is 7.70. The summed E-state index contributed by atoms with van der Waals surface area (Å²) in [6, 6.07) is 5.12. The minimum Gasteiger partial charge on any atom is -0.493 e. The predicted molar refractivity (Wildman–Crippen MR) is 150 cm³/mol. The maximum Gasteiger partial charge on any atom is 0.264 e. The Labute approximate surface area is 245 Å². The molecule has 2 unspecified atom stereocenters. The lowest BCUT2D eigenvalue weighted by Gasteiger charge is -2.38. The fourth-order valence-electron chi connectivity index (χ4n) is 4.38. The van der Waals surface area contributed by atoms with Crippen LogP contribution in [0.3, 0.4) is 0 Å². The van der Waals surface area contributed by atoms with Crippen molar-refractivity contribution in [3.05, 3.63) is 46.5 Å². The van der Waals surface area contributed by atoms with Crippen molar-refractivity contribution in [2.24, 2.45) is 5.73 Å². The van der Waals surface area contributed by atoms with Crippen molar-refractivity contribution in [2.75, 3.05) is 31.8 Å². The zero-order chi connectivity index (χ0) is 29.9. The first-order valence-corrected chi connectivity index (χ1v) is 14.8. The highest BCUT2D eigenvalue weighted by Gasteiger charge is 2.36. The molecule has 1 fully saturated rings. The SMILES string of the molecule is COc1cc2ncnc(Nc3ccc(Cl)c(Cl)c3F)c2cc1OC1CCN(C(=O)CCOS(C)(=O)=O)C(C(N)=O)C1. The van der Waals surface area contributed by atoms with Crippen LogP contribution < -0.4 is 20.5 Å². The molecule has 1 saturated heterocycles. The number of nitrogens with zero attached hydrogens (tertiary/aromatic N) is 3. The van der Waals surface area contributed by atoms with Crippen LogP contribution in [0.1, 0.15) is 19.3 Å². The largest absolute Gasteiger partial charge is 0.493 e. The summed E-state index contributed by atoms with van der Waals surface area (Å²) in [7, 11) is -2.26. The molecule has 2 amide bonds. The summed E-state index contributed by atoms with van der Waals surface area (Å²) >= 11 is 11.8. The van der Waals surface area contributed by atoms with E-state index >= 15 is 0 Å². The van der Waals surface area contributed by atoms with Crippen molar-refractivity contribution < 1.29 is 36.1 Å². The zero-order valence-corrected chi connectivity index (χ0v) is 24.2. The highest BCUT2D eigenvalue weighted by Crippen LogP contribution is 2.38. The van der Waals surface area contributed by atoms with E-state index in [9.17, 15) is 22.4 Å². The number of nitrogens with two attached hydrogens (primary N) is 1. The normalized spacial score (nSPS) is 17.3. The van der Waals surface area contributed by atoms with Gasteiger partial charge >= 0.3 is 0 Å². The number of carbonyl (C=O) groups excluding carboxylic acids is 2. The molecule has 0 bridgehead atoms. The van der Waals surface area contributed by atoms with E-state index in [1.54, 1.807) is 12.1 Å². The molecule has 3 aromatic rings. The highest BCUT2D eigenvalue weighted by molar-refractivity contribution is 7.85. The lowest BCUT2D eigenvalue weighted by atomic mass is 9.98. The summed E-state index contributed by atoms with van der Waals surface area (Å²) < 4.78 is 53.4. The predicted octanol–water partition coefficient (Wildman–Crippen LogP) is 3.42. The molecular weight excluding hydrogens is 604 g/mol. The molecule has 1 aliphatic rings. The molecule has 0 aliphatic carbocycles. The number of fused-ring (bicyclic) bond motifs is 1. The van der Waals surface area contributed by atoms with Crippen LogP contribution in [0.15, 0.2) is 30.6 Å². The minimum atomic E-state index is -3.71. The molecule has 12 nitrogen and oxygen atoms in total. The number of nitrogens with one attached hydrogen (secondary N) is 1. The number of halogens is 3. The van der Waals surface area contributed by atoms with Gasteiger partial charge in [0.15, 0.2) is 17.3 Å². The second-order valence-electron chi connectivity index (χ2n) is 9.14. The Bertz CT molecular complexity index is 1590. The maximum atomic E-state index is 14.7. The quantitative estimate of drug-likeness (QED) is 0.251. The number of hydrogen-bond donors (Lipinski definition) is 2. The van der Waals surface area contributed by atoms with Crippen LogP contribution in [0.2, 0.25) is 10.0 Å². The number of piperidine rings is 1. The molecule has 220 valence electrons. The Morgan fingerprint density at radius 2 is 1.98 bits per heavy atom. The van der Waals surface area contributed by atoms with Crippen LogP contribution in [-0.4, -0.2) is 73.8 Å². The van der Waals surface area contributed by atoms with E-state index in [2.05, 4.69) is 19.5 Å². The fraction of sp³-hybridized carbons (Fsp3) is 0.360. The lowest BCUT2D eigenvalue weighted by molar-refractivity contribution is -0.143. The number of carbonyl (C=O) groups is 2. The van der Waals surface area contributed by atoms with E-state index in [-0.39, 0.29) is 47.5 Å². The third-order valence-electron chi connectivity index (χ3n) is 6.32. The first-order chi connectivity index (χ1) is 19.4. The van der Waals surface area contributed by atoms with Crippen LogP contribution in [0.25, 0.3) is 10.9 Å². The van der Waals surface area contributed by atoms with Crippen molar-refractivity contribution >= 4 is 67.5 Å². The lowest BCUT2D eigenvalue weighted by Crippen LogP contribution is -2.54. The molecule has 2 heterocycles. The Morgan fingerprint density at radius 3 is 2.66 bits per heavy atom. The summed E-state index contributed by atoms with van der Waals surface area (Å²) in [4.78, 5) is 34.7. The van der Waals surface area contributed by atoms with Crippen molar-refractivity contribution in [3.8, 4) is 11.5 Å². The Morgan fingerprint density at radius 1 is 1.22 bits per heavy atom. The van der Waals surface area contributed by atoms with Crippen LogP contribution >= 0.6 is 23.2 Å². The maximum absolute atomic E-state index is 14.7. The number of hydrogen-bond acceptors (Lipinski definition) is 10. The van der Waals surface area contributed by atoms with E-state index in [1.807, 2.05) is 0 Å². The number of likely N-dealkylation sites (tertiary alicyclic amines) is 1. The van der Waals surface area contributed by atoms with E-state index in [1.165, 1.54) is 30.5 Å². The van der Waals surface area contributed by atoms with Crippen LogP contribution in [0.5, 0.6) is 11.5 Å². The molecular formula is C25H26Cl2FN5O7S. The molecule has 41 heavy (non-hydrogen) atoms. The van der Waals surface area contributed by atoms with Gasteiger partial charge in [-0.3, -0.25) is 13.8 Å². The van der Waals surface area contributed by atoms with Gasteiger partial charge in [-0.1, -0.05) is 23.2 Å². The topological polar surface area (TPSA) is 163 Å². The van der Waals surface area contributed by atoms with Gasteiger partial charge in [0, 0.05) is 30.8 Å². The summed E-state index contributed by atoms with van der Waals surface area (Å²) in [5.74, 6) is -1.06. The number of amides is 2. The van der Waals surface area contributed by atoms with E-state index < -0.39 is 39.9 Å². The second-order valence-corrected chi connectivity index (χ2v) is 11.6. The number of methoxy groups -OCH3 is 1. The third kappa shape index (κ3) is 7.25. The summed E-state index contributed by atoms with van der Waals surface area (Å²) in [5, 5.41) is 3.19. The van der Waals surface area contributed by atoms with Gasteiger partial charge in [-0.05, 0) is 18.2 Å². The number of rotatable bonds is 10. The number of aromatic nitrogens is 2. The molecule has 2 atom stereocenters. The monoisotopic (exact) mass is 629 g/mol. The fourth-order valence-corrected chi connectivity index (χ4v) is 5.07. The van der Waals surface area contributed by atoms with Gasteiger partial charge < -0.3 is 25.4 Å². The first kappa shape index (κ1) is 30.5. The van der Waals surface area contributed by atoms with Gasteiger partial charge in [-0.15, -0.1) is 0 Å². The molecule has 2 aromatic carbocycles. The van der Waals surface area contributed by atoms with Gasteiger partial charge in [0.05, 0.1) is 47.6 Å².